The largest absolute Gasteiger partial charge is 0.410 e. The van der Waals surface area contributed by atoms with Crippen LogP contribution in [0.15, 0.2) is 34.4 Å². The molecule has 1 aromatic rings. The fourth-order valence-electron chi connectivity index (χ4n) is 3.49. The number of aliphatic imine (C=N–C) groups is 1. The van der Waals surface area contributed by atoms with Crippen molar-refractivity contribution in [2.24, 2.45) is 15.9 Å². The Labute approximate surface area is 123 Å². The van der Waals surface area contributed by atoms with E-state index in [1.807, 2.05) is 18.2 Å². The molecule has 0 bridgehead atoms. The number of fused-ring (bicyclic) bond motifs is 1. The molecule has 1 spiro atoms. The Kier molecular flexibility index (Phi) is 3.49. The zero-order valence-corrected chi connectivity index (χ0v) is 11.9. The molecule has 0 saturated heterocycles. The molecule has 1 heterocycles. The van der Waals surface area contributed by atoms with Gasteiger partial charge in [0.15, 0.2) is 5.71 Å². The monoisotopic (exact) mass is 285 g/mol. The van der Waals surface area contributed by atoms with Crippen molar-refractivity contribution in [2.45, 2.75) is 44.1 Å². The predicted octanol–water partition coefficient (Wildman–Crippen LogP) is 2.05. The second kappa shape index (κ2) is 5.31. The first-order valence-corrected chi connectivity index (χ1v) is 7.36. The van der Waals surface area contributed by atoms with Gasteiger partial charge >= 0.3 is 0 Å². The molecule has 5 heteroatoms. The van der Waals surface area contributed by atoms with Crippen LogP contribution in [0.3, 0.4) is 0 Å². The summed E-state index contributed by atoms with van der Waals surface area (Å²) in [6, 6.07) is 7.83. The summed E-state index contributed by atoms with van der Waals surface area (Å²) in [5.74, 6) is -0.751. The van der Waals surface area contributed by atoms with Crippen LogP contribution >= 0.6 is 0 Å². The lowest BCUT2D eigenvalue weighted by molar-refractivity contribution is -0.111. The molecule has 0 atom stereocenters. The minimum Gasteiger partial charge on any atom is -0.410 e. The molecule has 21 heavy (non-hydrogen) atoms. The molecule has 1 aliphatic heterocycles. The van der Waals surface area contributed by atoms with E-state index in [2.05, 4.69) is 11.2 Å². The number of hydrogen-bond acceptors (Lipinski definition) is 4. The minimum absolute atomic E-state index is 0.146. The Morgan fingerprint density at radius 1 is 1.24 bits per heavy atom. The molecule has 110 valence electrons. The standard InChI is InChI=1S/C16H19N3O2/c17-15(20)14(19-21)13-12-7-3-2-6-11(12)10-16(18-13)8-4-1-5-9-16/h2-3,6-7,21H,1,4-5,8-10H2,(H2,17,20). The second-order valence-electron chi connectivity index (χ2n) is 5.89. The number of primary amides is 1. The molecular formula is C16H19N3O2. The van der Waals surface area contributed by atoms with Crippen LogP contribution in [0, 0.1) is 0 Å². The van der Waals surface area contributed by atoms with Gasteiger partial charge in [-0.3, -0.25) is 9.79 Å². The molecule has 0 aromatic heterocycles. The van der Waals surface area contributed by atoms with Crippen LogP contribution in [0.25, 0.3) is 0 Å². The fraction of sp³-hybridized carbons (Fsp3) is 0.438. The van der Waals surface area contributed by atoms with Crippen molar-refractivity contribution in [3.63, 3.8) is 0 Å². The van der Waals surface area contributed by atoms with Crippen molar-refractivity contribution in [3.05, 3.63) is 35.4 Å². The Morgan fingerprint density at radius 3 is 2.62 bits per heavy atom. The van der Waals surface area contributed by atoms with E-state index >= 15 is 0 Å². The fourth-order valence-corrected chi connectivity index (χ4v) is 3.49. The van der Waals surface area contributed by atoms with Crippen LogP contribution in [0.2, 0.25) is 0 Å². The van der Waals surface area contributed by atoms with E-state index < -0.39 is 5.91 Å². The van der Waals surface area contributed by atoms with Gasteiger partial charge in [0.05, 0.1) is 5.54 Å². The number of benzene rings is 1. The van der Waals surface area contributed by atoms with Crippen molar-refractivity contribution >= 4 is 17.3 Å². The lowest BCUT2D eigenvalue weighted by atomic mass is 9.74. The topological polar surface area (TPSA) is 88.0 Å². The number of oxime groups is 1. The summed E-state index contributed by atoms with van der Waals surface area (Å²) in [7, 11) is 0. The first-order valence-electron chi connectivity index (χ1n) is 7.36. The maximum Gasteiger partial charge on any atom is 0.273 e. The third-order valence-corrected chi connectivity index (χ3v) is 4.48. The first-order chi connectivity index (χ1) is 10.2. The van der Waals surface area contributed by atoms with Crippen LogP contribution in [-0.2, 0) is 11.2 Å². The quantitative estimate of drug-likeness (QED) is 0.495. The number of carbonyl (C=O) groups excluding carboxylic acids is 1. The number of hydrogen-bond donors (Lipinski definition) is 2. The Hall–Kier alpha value is -2.17. The summed E-state index contributed by atoms with van der Waals surface area (Å²) in [6.07, 6.45) is 6.39. The third-order valence-electron chi connectivity index (χ3n) is 4.48. The van der Waals surface area contributed by atoms with Crippen molar-refractivity contribution < 1.29 is 10.0 Å². The second-order valence-corrected chi connectivity index (χ2v) is 5.89. The average Bonchev–Trinajstić information content (AvgIpc) is 2.48. The SMILES string of the molecule is NC(=O)C(=NO)C1=NC2(CCCCC2)Cc2ccccc21. The molecule has 1 fully saturated rings. The first kappa shape index (κ1) is 13.8. The van der Waals surface area contributed by atoms with Crippen molar-refractivity contribution in [1.82, 2.24) is 0 Å². The summed E-state index contributed by atoms with van der Waals surface area (Å²) in [5.41, 5.74) is 7.45. The Morgan fingerprint density at radius 2 is 1.95 bits per heavy atom. The van der Waals surface area contributed by atoms with E-state index in [-0.39, 0.29) is 11.3 Å². The van der Waals surface area contributed by atoms with E-state index in [1.165, 1.54) is 6.42 Å². The number of amides is 1. The number of nitrogens with zero attached hydrogens (tertiary/aromatic N) is 2. The lowest BCUT2D eigenvalue weighted by Crippen LogP contribution is -2.42. The maximum absolute atomic E-state index is 11.6. The number of nitrogens with two attached hydrogens (primary N) is 1. The Bertz CT molecular complexity index is 628. The van der Waals surface area contributed by atoms with E-state index in [9.17, 15) is 4.79 Å². The maximum atomic E-state index is 11.6. The normalized spacial score (nSPS) is 20.8. The van der Waals surface area contributed by atoms with E-state index in [4.69, 9.17) is 15.9 Å². The van der Waals surface area contributed by atoms with Gasteiger partial charge < -0.3 is 10.9 Å². The molecule has 5 nitrogen and oxygen atoms in total. The van der Waals surface area contributed by atoms with Gasteiger partial charge in [0.25, 0.3) is 5.91 Å². The summed E-state index contributed by atoms with van der Waals surface area (Å²) in [5, 5.41) is 12.3. The number of carbonyl (C=O) groups is 1. The van der Waals surface area contributed by atoms with Gasteiger partial charge in [0, 0.05) is 5.56 Å². The van der Waals surface area contributed by atoms with Gasteiger partial charge in [-0.05, 0) is 24.8 Å². The smallest absolute Gasteiger partial charge is 0.273 e. The summed E-state index contributed by atoms with van der Waals surface area (Å²) in [4.78, 5) is 16.4. The third kappa shape index (κ3) is 2.44. The van der Waals surface area contributed by atoms with Crippen LogP contribution in [0.4, 0.5) is 0 Å². The van der Waals surface area contributed by atoms with E-state index in [0.29, 0.717) is 5.71 Å². The predicted molar refractivity (Wildman–Crippen MR) is 80.9 cm³/mol. The zero-order chi connectivity index (χ0) is 14.9. The van der Waals surface area contributed by atoms with Gasteiger partial charge in [-0.2, -0.15) is 0 Å². The molecule has 1 saturated carbocycles. The zero-order valence-electron chi connectivity index (χ0n) is 11.9. The highest BCUT2D eigenvalue weighted by molar-refractivity contribution is 6.70. The highest BCUT2D eigenvalue weighted by Gasteiger charge is 2.38. The van der Waals surface area contributed by atoms with Crippen LogP contribution in [-0.4, -0.2) is 28.1 Å². The molecule has 0 radical (unpaired) electrons. The summed E-state index contributed by atoms with van der Waals surface area (Å²) >= 11 is 0. The van der Waals surface area contributed by atoms with Crippen molar-refractivity contribution in [3.8, 4) is 0 Å². The molecule has 1 aliphatic carbocycles. The number of rotatable bonds is 2. The van der Waals surface area contributed by atoms with E-state index in [0.717, 1.165) is 43.2 Å². The van der Waals surface area contributed by atoms with Gasteiger partial charge in [-0.15, -0.1) is 0 Å². The molecule has 1 amide bonds. The van der Waals surface area contributed by atoms with Gasteiger partial charge in [0.1, 0.15) is 5.71 Å². The van der Waals surface area contributed by atoms with Crippen molar-refractivity contribution in [2.75, 3.05) is 0 Å². The molecule has 0 unspecified atom stereocenters. The van der Waals surface area contributed by atoms with Crippen molar-refractivity contribution in [1.29, 1.82) is 0 Å². The average molecular weight is 285 g/mol. The molecular weight excluding hydrogens is 266 g/mol. The van der Waals surface area contributed by atoms with Gasteiger partial charge in [-0.25, -0.2) is 0 Å². The van der Waals surface area contributed by atoms with Crippen LogP contribution in [0.1, 0.15) is 43.2 Å². The Balaban J connectivity index is 2.13. The summed E-state index contributed by atoms with van der Waals surface area (Å²) < 4.78 is 0. The molecule has 3 rings (SSSR count). The highest BCUT2D eigenvalue weighted by atomic mass is 16.4. The van der Waals surface area contributed by atoms with Crippen LogP contribution < -0.4 is 5.73 Å². The molecule has 3 N–H and O–H groups in total. The molecule has 2 aliphatic rings. The minimum atomic E-state index is -0.751. The van der Waals surface area contributed by atoms with Gasteiger partial charge in [0.2, 0.25) is 0 Å². The van der Waals surface area contributed by atoms with E-state index in [1.54, 1.807) is 0 Å². The summed E-state index contributed by atoms with van der Waals surface area (Å²) in [6.45, 7) is 0. The van der Waals surface area contributed by atoms with Crippen LogP contribution in [0.5, 0.6) is 0 Å². The highest BCUT2D eigenvalue weighted by Crippen LogP contribution is 2.38. The molecule has 1 aromatic carbocycles. The van der Waals surface area contributed by atoms with Gasteiger partial charge in [-0.1, -0.05) is 48.7 Å². The lowest BCUT2D eigenvalue weighted by Gasteiger charge is -2.38.